The maximum Gasteiger partial charge on any atom is 0.225 e. The van der Waals surface area contributed by atoms with Crippen LogP contribution >= 0.6 is 0 Å². The van der Waals surface area contributed by atoms with Gasteiger partial charge in [-0.25, -0.2) is 4.98 Å². The summed E-state index contributed by atoms with van der Waals surface area (Å²) < 4.78 is 2.21. The Bertz CT molecular complexity index is 913. The van der Waals surface area contributed by atoms with Gasteiger partial charge in [-0.2, -0.15) is 0 Å². The number of amides is 1. The van der Waals surface area contributed by atoms with Gasteiger partial charge in [0.2, 0.25) is 5.91 Å². The van der Waals surface area contributed by atoms with Gasteiger partial charge in [0, 0.05) is 37.9 Å². The highest BCUT2D eigenvalue weighted by Crippen LogP contribution is 2.47. The topological polar surface area (TPSA) is 41.4 Å². The van der Waals surface area contributed by atoms with E-state index in [1.165, 1.54) is 12.1 Å². The van der Waals surface area contributed by atoms with Gasteiger partial charge in [0.15, 0.2) is 5.82 Å². The Hall–Kier alpha value is -2.56. The molecule has 5 rings (SSSR count). The first-order chi connectivity index (χ1) is 13.1. The van der Waals surface area contributed by atoms with Crippen molar-refractivity contribution >= 4 is 11.6 Å². The molecule has 0 radical (unpaired) electrons. The first kappa shape index (κ1) is 16.6. The van der Waals surface area contributed by atoms with Crippen LogP contribution in [0.3, 0.4) is 0 Å². The number of aromatic nitrogens is 2. The van der Waals surface area contributed by atoms with E-state index in [9.17, 15) is 4.79 Å². The first-order valence-electron chi connectivity index (χ1n) is 9.94. The van der Waals surface area contributed by atoms with Crippen molar-refractivity contribution in [3.8, 4) is 5.82 Å². The number of anilines is 1. The maximum absolute atomic E-state index is 12.9. The number of hydrogen-bond donors (Lipinski definition) is 0. The Morgan fingerprint density at radius 1 is 1.33 bits per heavy atom. The van der Waals surface area contributed by atoms with E-state index in [2.05, 4.69) is 57.2 Å². The third kappa shape index (κ3) is 2.37. The van der Waals surface area contributed by atoms with Crippen molar-refractivity contribution in [2.24, 2.45) is 5.92 Å². The lowest BCUT2D eigenvalue weighted by Gasteiger charge is -2.47. The van der Waals surface area contributed by atoms with Crippen LogP contribution in [-0.4, -0.2) is 40.0 Å². The SMILES string of the molecule is C=C(C)CN1c2cccnc2-n2cccc2C12CCN(C(=O)C1CCC1)C2. The number of rotatable bonds is 3. The van der Waals surface area contributed by atoms with Crippen molar-refractivity contribution in [2.45, 2.75) is 38.1 Å². The Morgan fingerprint density at radius 3 is 2.93 bits per heavy atom. The molecule has 1 atom stereocenters. The molecule has 1 saturated heterocycles. The Labute approximate surface area is 160 Å². The maximum atomic E-state index is 12.9. The fourth-order valence-electron chi connectivity index (χ4n) is 4.93. The molecule has 3 aliphatic rings. The highest BCUT2D eigenvalue weighted by Gasteiger charge is 2.51. The van der Waals surface area contributed by atoms with E-state index in [4.69, 9.17) is 0 Å². The summed E-state index contributed by atoms with van der Waals surface area (Å²) in [5.74, 6) is 1.57. The summed E-state index contributed by atoms with van der Waals surface area (Å²) in [4.78, 5) is 22.2. The molecule has 0 bridgehead atoms. The number of carbonyl (C=O) groups excluding carboxylic acids is 1. The molecule has 5 nitrogen and oxygen atoms in total. The highest BCUT2D eigenvalue weighted by molar-refractivity contribution is 5.80. The number of nitrogens with zero attached hydrogens (tertiary/aromatic N) is 4. The van der Waals surface area contributed by atoms with E-state index in [1.807, 2.05) is 12.3 Å². The van der Waals surface area contributed by atoms with E-state index in [0.29, 0.717) is 5.91 Å². The standard InChI is InChI=1S/C22H26N4O/c1-16(2)14-26-18-8-4-11-23-20(18)25-12-5-9-19(25)22(26)10-13-24(15-22)21(27)17-6-3-7-17/h4-5,8-9,11-12,17H,1,3,6-7,10,13-15H2,2H3. The molecular formula is C22H26N4O. The van der Waals surface area contributed by atoms with E-state index < -0.39 is 0 Å². The highest BCUT2D eigenvalue weighted by atomic mass is 16.2. The quantitative estimate of drug-likeness (QED) is 0.785. The Balaban J connectivity index is 1.60. The lowest BCUT2D eigenvalue weighted by molar-refractivity contribution is -0.137. The largest absolute Gasteiger partial charge is 0.351 e. The minimum atomic E-state index is -0.210. The van der Waals surface area contributed by atoms with Crippen LogP contribution in [0.4, 0.5) is 5.69 Å². The second-order valence-electron chi connectivity index (χ2n) is 8.32. The first-order valence-corrected chi connectivity index (χ1v) is 9.94. The van der Waals surface area contributed by atoms with E-state index in [0.717, 1.165) is 56.0 Å². The molecular weight excluding hydrogens is 336 g/mol. The van der Waals surface area contributed by atoms with Gasteiger partial charge >= 0.3 is 0 Å². The van der Waals surface area contributed by atoms with Crippen LogP contribution in [0.1, 0.15) is 38.3 Å². The van der Waals surface area contributed by atoms with Gasteiger partial charge in [0.1, 0.15) is 5.54 Å². The van der Waals surface area contributed by atoms with Crippen LogP contribution in [0.5, 0.6) is 0 Å². The average Bonchev–Trinajstić information content (AvgIpc) is 3.25. The number of hydrogen-bond acceptors (Lipinski definition) is 3. The van der Waals surface area contributed by atoms with Gasteiger partial charge in [-0.05, 0) is 50.5 Å². The molecule has 140 valence electrons. The predicted octanol–water partition coefficient (Wildman–Crippen LogP) is 3.50. The number of fused-ring (bicyclic) bond motifs is 4. The summed E-state index contributed by atoms with van der Waals surface area (Å²) in [5, 5.41) is 0. The smallest absolute Gasteiger partial charge is 0.225 e. The van der Waals surface area contributed by atoms with E-state index in [1.54, 1.807) is 0 Å². The van der Waals surface area contributed by atoms with Crippen LogP contribution in [-0.2, 0) is 10.3 Å². The van der Waals surface area contributed by atoms with Gasteiger partial charge in [-0.15, -0.1) is 0 Å². The molecule has 1 saturated carbocycles. The zero-order valence-corrected chi connectivity index (χ0v) is 15.9. The zero-order valence-electron chi connectivity index (χ0n) is 15.9. The zero-order chi connectivity index (χ0) is 18.6. The van der Waals surface area contributed by atoms with Gasteiger partial charge in [-0.3, -0.25) is 4.79 Å². The lowest BCUT2D eigenvalue weighted by Crippen LogP contribution is -2.53. The monoisotopic (exact) mass is 362 g/mol. The van der Waals surface area contributed by atoms with Crippen LogP contribution in [0.15, 0.2) is 48.8 Å². The minimum absolute atomic E-state index is 0.210. The van der Waals surface area contributed by atoms with Crippen LogP contribution in [0.2, 0.25) is 0 Å². The number of likely N-dealkylation sites (tertiary alicyclic amines) is 1. The fraction of sp³-hybridized carbons (Fsp3) is 0.455. The van der Waals surface area contributed by atoms with Crippen molar-refractivity contribution in [1.29, 1.82) is 0 Å². The molecule has 1 amide bonds. The van der Waals surface area contributed by atoms with Crippen molar-refractivity contribution in [3.05, 3.63) is 54.5 Å². The number of pyridine rings is 1. The lowest BCUT2D eigenvalue weighted by atomic mass is 9.84. The third-order valence-corrected chi connectivity index (χ3v) is 6.47. The summed E-state index contributed by atoms with van der Waals surface area (Å²) >= 11 is 0. The number of carbonyl (C=O) groups is 1. The van der Waals surface area contributed by atoms with Crippen molar-refractivity contribution in [2.75, 3.05) is 24.5 Å². The van der Waals surface area contributed by atoms with Gasteiger partial charge in [-0.1, -0.05) is 18.6 Å². The second kappa shape index (κ2) is 5.98. The molecule has 2 aromatic heterocycles. The third-order valence-electron chi connectivity index (χ3n) is 6.47. The summed E-state index contributed by atoms with van der Waals surface area (Å²) in [6.45, 7) is 8.59. The van der Waals surface area contributed by atoms with Crippen molar-refractivity contribution in [3.63, 3.8) is 0 Å². The summed E-state index contributed by atoms with van der Waals surface area (Å²) in [5.41, 5.74) is 3.27. The van der Waals surface area contributed by atoms with Crippen LogP contribution in [0.25, 0.3) is 5.82 Å². The molecule has 1 unspecified atom stereocenters. The normalized spacial score (nSPS) is 23.9. The Morgan fingerprint density at radius 2 is 2.19 bits per heavy atom. The van der Waals surface area contributed by atoms with Gasteiger partial charge in [0.05, 0.1) is 11.4 Å². The predicted molar refractivity (Wildman–Crippen MR) is 106 cm³/mol. The molecule has 4 heterocycles. The summed E-state index contributed by atoms with van der Waals surface area (Å²) in [6, 6.07) is 8.43. The fourth-order valence-corrected chi connectivity index (χ4v) is 4.93. The van der Waals surface area contributed by atoms with Gasteiger partial charge < -0.3 is 14.4 Å². The van der Waals surface area contributed by atoms with Crippen molar-refractivity contribution in [1.82, 2.24) is 14.5 Å². The molecule has 1 spiro atoms. The summed E-state index contributed by atoms with van der Waals surface area (Å²) in [7, 11) is 0. The molecule has 1 aliphatic carbocycles. The molecule has 0 aromatic carbocycles. The average molecular weight is 362 g/mol. The Kier molecular flexibility index (Phi) is 3.67. The van der Waals surface area contributed by atoms with Crippen LogP contribution < -0.4 is 4.90 Å². The molecule has 2 aliphatic heterocycles. The minimum Gasteiger partial charge on any atom is -0.351 e. The molecule has 0 N–H and O–H groups in total. The molecule has 5 heteroatoms. The van der Waals surface area contributed by atoms with Crippen LogP contribution in [0, 0.1) is 5.92 Å². The summed E-state index contributed by atoms with van der Waals surface area (Å²) in [6.07, 6.45) is 8.19. The van der Waals surface area contributed by atoms with Crippen molar-refractivity contribution < 1.29 is 4.79 Å². The van der Waals surface area contributed by atoms with Gasteiger partial charge in [0.25, 0.3) is 0 Å². The second-order valence-corrected chi connectivity index (χ2v) is 8.32. The van der Waals surface area contributed by atoms with E-state index in [-0.39, 0.29) is 11.5 Å². The van der Waals surface area contributed by atoms with E-state index >= 15 is 0 Å². The molecule has 2 aromatic rings. The molecule has 2 fully saturated rings. The molecule has 27 heavy (non-hydrogen) atoms.